The number of rotatable bonds is 8. The summed E-state index contributed by atoms with van der Waals surface area (Å²) < 4.78 is 0. The highest BCUT2D eigenvalue weighted by Crippen LogP contribution is 2.24. The molecule has 1 saturated heterocycles. The van der Waals surface area contributed by atoms with Gasteiger partial charge in [-0.15, -0.1) is 0 Å². The number of amides is 2. The minimum Gasteiger partial charge on any atom is -0.368 e. The molecule has 0 saturated carbocycles. The third-order valence-electron chi connectivity index (χ3n) is 6.05. The predicted octanol–water partition coefficient (Wildman–Crippen LogP) is 2.38. The Morgan fingerprint density at radius 3 is 2.24 bits per heavy atom. The molecule has 1 fully saturated rings. The summed E-state index contributed by atoms with van der Waals surface area (Å²) in [5.41, 5.74) is 10.2. The number of nitrogens with zero attached hydrogens (tertiary/aromatic N) is 5. The molecule has 4 rings (SSSR count). The summed E-state index contributed by atoms with van der Waals surface area (Å²) in [7, 11) is 3.71. The Morgan fingerprint density at radius 1 is 0.973 bits per heavy atom. The van der Waals surface area contributed by atoms with E-state index in [1.54, 1.807) is 13.1 Å². The van der Waals surface area contributed by atoms with Crippen molar-refractivity contribution in [2.24, 2.45) is 5.73 Å². The zero-order chi connectivity index (χ0) is 26.4. The Balaban J connectivity index is 1.35. The fourth-order valence-corrected chi connectivity index (χ4v) is 4.15. The van der Waals surface area contributed by atoms with E-state index in [-0.39, 0.29) is 11.8 Å². The molecule has 3 aromatic rings. The number of piperazine rings is 1. The molecule has 0 unspecified atom stereocenters. The Bertz CT molecular complexity index is 1200. The minimum absolute atomic E-state index is 0.00384. The Morgan fingerprint density at radius 2 is 1.62 bits per heavy atom. The van der Waals surface area contributed by atoms with Gasteiger partial charge in [-0.3, -0.25) is 9.59 Å². The van der Waals surface area contributed by atoms with E-state index in [4.69, 9.17) is 5.73 Å². The van der Waals surface area contributed by atoms with Gasteiger partial charge in [0.05, 0.1) is 18.3 Å². The normalized spacial score (nSPS) is 14.4. The average molecular weight is 503 g/mol. The van der Waals surface area contributed by atoms with Gasteiger partial charge in [0.15, 0.2) is 0 Å². The molecule has 0 spiro atoms. The summed E-state index contributed by atoms with van der Waals surface area (Å²) >= 11 is 0. The van der Waals surface area contributed by atoms with E-state index in [9.17, 15) is 9.59 Å². The molecule has 4 N–H and O–H groups in total. The molecule has 10 nitrogen and oxygen atoms in total. The van der Waals surface area contributed by atoms with Gasteiger partial charge in [0.25, 0.3) is 0 Å². The zero-order valence-corrected chi connectivity index (χ0v) is 21.5. The van der Waals surface area contributed by atoms with E-state index in [1.165, 1.54) is 0 Å². The lowest BCUT2D eigenvalue weighted by Gasteiger charge is -2.36. The number of hydrogen-bond acceptors (Lipinski definition) is 8. The Hall–Kier alpha value is -4.02. The maximum atomic E-state index is 12.1. The molecule has 2 amide bonds. The molecule has 0 radical (unpaired) electrons. The molecule has 2 heterocycles. The van der Waals surface area contributed by atoms with Crippen molar-refractivity contribution in [3.8, 4) is 11.3 Å². The fraction of sp³-hybridized carbons (Fsp3) is 0.333. The van der Waals surface area contributed by atoms with Crippen LogP contribution in [-0.4, -0.2) is 84.4 Å². The predicted molar refractivity (Wildman–Crippen MR) is 147 cm³/mol. The molecule has 2 aromatic carbocycles. The van der Waals surface area contributed by atoms with Gasteiger partial charge in [-0.25, -0.2) is 9.97 Å². The largest absolute Gasteiger partial charge is 0.368 e. The van der Waals surface area contributed by atoms with Crippen LogP contribution in [0.5, 0.6) is 0 Å². The van der Waals surface area contributed by atoms with Crippen molar-refractivity contribution in [2.75, 3.05) is 62.4 Å². The molecule has 1 atom stereocenters. The summed E-state index contributed by atoms with van der Waals surface area (Å²) in [6.07, 6.45) is 1.72. The molecule has 0 aliphatic carbocycles. The fourth-order valence-electron chi connectivity index (χ4n) is 4.15. The highest BCUT2D eigenvalue weighted by Gasteiger charge is 2.23. The number of carbonyl (C=O) groups excluding carboxylic acids is 2. The van der Waals surface area contributed by atoms with Gasteiger partial charge in [-0.1, -0.05) is 12.1 Å². The second kappa shape index (κ2) is 11.8. The average Bonchev–Trinajstić information content (AvgIpc) is 2.89. The lowest BCUT2D eigenvalue weighted by Crippen LogP contribution is -2.52. The summed E-state index contributed by atoms with van der Waals surface area (Å²) in [5.74, 6) is 0.441. The number of aromatic nitrogens is 2. The summed E-state index contributed by atoms with van der Waals surface area (Å²) in [5, 5.41) is 6.15. The number of carbonyl (C=O) groups is 2. The molecule has 1 aliphatic rings. The van der Waals surface area contributed by atoms with E-state index in [0.29, 0.717) is 25.6 Å². The quantitative estimate of drug-likeness (QED) is 0.430. The third-order valence-corrected chi connectivity index (χ3v) is 6.05. The first kappa shape index (κ1) is 26.1. The number of hydrogen-bond donors (Lipinski definition) is 3. The van der Waals surface area contributed by atoms with Crippen molar-refractivity contribution in [1.82, 2.24) is 19.8 Å². The van der Waals surface area contributed by atoms with Gasteiger partial charge in [-0.2, -0.15) is 0 Å². The molecular weight excluding hydrogens is 468 g/mol. The zero-order valence-electron chi connectivity index (χ0n) is 21.5. The molecule has 1 aliphatic heterocycles. The summed E-state index contributed by atoms with van der Waals surface area (Å²) in [6, 6.07) is 17.1. The van der Waals surface area contributed by atoms with Gasteiger partial charge >= 0.3 is 0 Å². The third kappa shape index (κ3) is 7.02. The summed E-state index contributed by atoms with van der Waals surface area (Å²) in [6.45, 7) is 4.94. The molecule has 0 bridgehead atoms. The maximum absolute atomic E-state index is 12.1. The van der Waals surface area contributed by atoms with Crippen molar-refractivity contribution in [2.45, 2.75) is 13.0 Å². The molecule has 194 valence electrons. The second-order valence-electron chi connectivity index (χ2n) is 9.40. The van der Waals surface area contributed by atoms with E-state index in [1.807, 2.05) is 66.4 Å². The number of nitrogens with two attached hydrogens (primary N) is 1. The smallest absolute Gasteiger partial charge is 0.239 e. The number of nitrogens with one attached hydrogen (secondary N) is 2. The van der Waals surface area contributed by atoms with Crippen LogP contribution in [0.3, 0.4) is 0 Å². The van der Waals surface area contributed by atoms with Crippen molar-refractivity contribution in [1.29, 1.82) is 0 Å². The van der Waals surface area contributed by atoms with E-state index < -0.39 is 6.04 Å². The van der Waals surface area contributed by atoms with Crippen LogP contribution < -0.4 is 21.3 Å². The molecule has 10 heteroatoms. The highest BCUT2D eigenvalue weighted by molar-refractivity contribution is 5.92. The van der Waals surface area contributed by atoms with E-state index >= 15 is 0 Å². The van der Waals surface area contributed by atoms with Crippen LogP contribution in [0, 0.1) is 0 Å². The molecule has 37 heavy (non-hydrogen) atoms. The van der Waals surface area contributed by atoms with Crippen molar-refractivity contribution in [3.05, 3.63) is 60.8 Å². The topological polar surface area (TPSA) is 120 Å². The van der Waals surface area contributed by atoms with Gasteiger partial charge in [-0.05, 0) is 63.5 Å². The number of likely N-dealkylation sites (N-methyl/N-ethyl adjacent to an activating group) is 1. The maximum Gasteiger partial charge on any atom is 0.239 e. The second-order valence-corrected chi connectivity index (χ2v) is 9.40. The lowest BCUT2D eigenvalue weighted by atomic mass is 10.1. The Labute approximate surface area is 217 Å². The minimum atomic E-state index is -0.460. The van der Waals surface area contributed by atoms with Crippen molar-refractivity contribution in [3.63, 3.8) is 0 Å². The molecular formula is C27H34N8O2. The Kier molecular flexibility index (Phi) is 8.32. The van der Waals surface area contributed by atoms with Gasteiger partial charge in [0, 0.05) is 55.0 Å². The van der Waals surface area contributed by atoms with Crippen LogP contribution in [0.25, 0.3) is 11.3 Å². The first-order chi connectivity index (χ1) is 17.8. The van der Waals surface area contributed by atoms with Crippen molar-refractivity contribution < 1.29 is 9.59 Å². The molecule has 1 aromatic heterocycles. The van der Waals surface area contributed by atoms with Crippen LogP contribution in [0.4, 0.5) is 23.0 Å². The van der Waals surface area contributed by atoms with Gasteiger partial charge < -0.3 is 31.1 Å². The van der Waals surface area contributed by atoms with Crippen LogP contribution in [0.15, 0.2) is 60.8 Å². The monoisotopic (exact) mass is 502 g/mol. The lowest BCUT2D eigenvalue weighted by molar-refractivity contribution is -0.132. The van der Waals surface area contributed by atoms with Gasteiger partial charge in [0.1, 0.15) is 0 Å². The first-order valence-corrected chi connectivity index (χ1v) is 12.3. The van der Waals surface area contributed by atoms with Crippen molar-refractivity contribution >= 4 is 34.8 Å². The van der Waals surface area contributed by atoms with Gasteiger partial charge in [0.2, 0.25) is 17.8 Å². The summed E-state index contributed by atoms with van der Waals surface area (Å²) in [4.78, 5) is 39.0. The van der Waals surface area contributed by atoms with Crippen LogP contribution in [-0.2, 0) is 9.59 Å². The number of benzene rings is 2. The van der Waals surface area contributed by atoms with E-state index in [0.717, 1.165) is 41.4 Å². The van der Waals surface area contributed by atoms with Crippen LogP contribution >= 0.6 is 0 Å². The van der Waals surface area contributed by atoms with Crippen LogP contribution in [0.1, 0.15) is 6.92 Å². The number of anilines is 4. The van der Waals surface area contributed by atoms with Crippen LogP contribution in [0.2, 0.25) is 0 Å². The highest BCUT2D eigenvalue weighted by atomic mass is 16.2. The standard InChI is InChI=1S/C27H34N8O2/c1-19(28)26(37)35-16-14-34(15-17-35)23-10-8-22(9-11-23)31-27-29-13-12-24(32-27)20-4-6-21(7-5-20)30-25(36)18-33(2)3/h4-13,19H,14-18,28H2,1-3H3,(H,30,36)(H,29,31,32)/t19-/m1/s1. The first-order valence-electron chi connectivity index (χ1n) is 12.3. The van der Waals surface area contributed by atoms with E-state index in [2.05, 4.69) is 37.6 Å². The SMILES string of the molecule is C[C@@H](N)C(=O)N1CCN(c2ccc(Nc3nccc(-c4ccc(NC(=O)CN(C)C)cc4)n3)cc2)CC1.